The van der Waals surface area contributed by atoms with Gasteiger partial charge in [-0.05, 0) is 45.6 Å². The Bertz CT molecular complexity index is 560. The number of imidazole rings is 1. The minimum absolute atomic E-state index is 0.466. The molecule has 0 amide bonds. The van der Waals surface area contributed by atoms with E-state index in [1.54, 1.807) is 0 Å². The minimum Gasteiger partial charge on any atom is -0.326 e. The molecule has 2 aromatic rings. The van der Waals surface area contributed by atoms with Crippen molar-refractivity contribution in [2.24, 2.45) is 0 Å². The molecule has 0 aliphatic carbocycles. The molecule has 0 fully saturated rings. The topological polar surface area (TPSA) is 21.1 Å². The summed E-state index contributed by atoms with van der Waals surface area (Å²) in [5.74, 6) is 1.70. The highest BCUT2D eigenvalue weighted by Crippen LogP contribution is 2.19. The summed E-state index contributed by atoms with van der Waals surface area (Å²) in [5, 5.41) is 0. The van der Waals surface area contributed by atoms with Gasteiger partial charge in [-0.2, -0.15) is 0 Å². The third-order valence-electron chi connectivity index (χ3n) is 3.63. The molecule has 0 aliphatic heterocycles. The predicted octanol–water partition coefficient (Wildman–Crippen LogP) is 3.08. The molecule has 1 atom stereocenters. The number of hydrogen-bond donors (Lipinski definition) is 0. The molecular formula is C15H22ClN3. The highest BCUT2D eigenvalue weighted by Gasteiger charge is 2.14. The van der Waals surface area contributed by atoms with Crippen LogP contribution in [-0.2, 0) is 13.0 Å². The van der Waals surface area contributed by atoms with Gasteiger partial charge >= 0.3 is 0 Å². The fourth-order valence-corrected chi connectivity index (χ4v) is 2.37. The Hall–Kier alpha value is -1.06. The molecule has 4 heteroatoms. The number of aromatic nitrogens is 2. The van der Waals surface area contributed by atoms with Gasteiger partial charge in [-0.25, -0.2) is 4.98 Å². The van der Waals surface area contributed by atoms with Gasteiger partial charge in [0.15, 0.2) is 0 Å². The van der Waals surface area contributed by atoms with Gasteiger partial charge in [0.25, 0.3) is 0 Å². The second-order valence-corrected chi connectivity index (χ2v) is 5.76. The average Bonchev–Trinajstić information content (AvgIpc) is 2.67. The van der Waals surface area contributed by atoms with Crippen molar-refractivity contribution in [2.45, 2.75) is 32.9 Å². The smallest absolute Gasteiger partial charge is 0.111 e. The summed E-state index contributed by atoms with van der Waals surface area (Å²) in [6.07, 6.45) is 0.815. The summed E-state index contributed by atoms with van der Waals surface area (Å²) in [6, 6.07) is 6.92. The maximum absolute atomic E-state index is 5.90. The van der Waals surface area contributed by atoms with Crippen LogP contribution in [0.5, 0.6) is 0 Å². The van der Waals surface area contributed by atoms with Gasteiger partial charge < -0.3 is 9.47 Å². The number of benzene rings is 1. The first-order chi connectivity index (χ1) is 9.02. The number of hydrogen-bond acceptors (Lipinski definition) is 2. The summed E-state index contributed by atoms with van der Waals surface area (Å²) < 4.78 is 2.31. The quantitative estimate of drug-likeness (QED) is 0.785. The molecule has 0 spiro atoms. The Kier molecular flexibility index (Phi) is 4.48. The number of alkyl halides is 1. The van der Waals surface area contributed by atoms with Gasteiger partial charge in [0, 0.05) is 24.9 Å². The Morgan fingerprint density at radius 3 is 2.74 bits per heavy atom. The molecular weight excluding hydrogens is 258 g/mol. The molecule has 0 saturated heterocycles. The van der Waals surface area contributed by atoms with Crippen molar-refractivity contribution in [2.75, 3.05) is 20.0 Å². The number of aryl methyl sites for hydroxylation is 2. The number of rotatable bonds is 5. The molecule has 1 aromatic heterocycles. The van der Waals surface area contributed by atoms with Gasteiger partial charge in [-0.1, -0.05) is 6.07 Å². The van der Waals surface area contributed by atoms with Gasteiger partial charge in [-0.3, -0.25) is 0 Å². The first-order valence-corrected chi connectivity index (χ1v) is 7.24. The standard InChI is InChI=1S/C15H22ClN3/c1-11-5-6-14-13(9-11)17-15(7-8-16)19(14)10-12(2)18(3)4/h5-6,9,12H,7-8,10H2,1-4H3. The SMILES string of the molecule is Cc1ccc2c(c1)nc(CCCl)n2CC(C)N(C)C. The first kappa shape index (κ1) is 14.4. The van der Waals surface area contributed by atoms with Crippen LogP contribution in [0.3, 0.4) is 0 Å². The van der Waals surface area contributed by atoms with E-state index in [0.717, 1.165) is 24.3 Å². The largest absolute Gasteiger partial charge is 0.326 e. The van der Waals surface area contributed by atoms with Gasteiger partial charge in [0.05, 0.1) is 11.0 Å². The summed E-state index contributed by atoms with van der Waals surface area (Å²) in [7, 11) is 4.21. The zero-order valence-corrected chi connectivity index (χ0v) is 12.9. The Balaban J connectivity index is 2.45. The Morgan fingerprint density at radius 1 is 1.37 bits per heavy atom. The van der Waals surface area contributed by atoms with Crippen LogP contribution in [0.1, 0.15) is 18.3 Å². The van der Waals surface area contributed by atoms with E-state index in [9.17, 15) is 0 Å². The first-order valence-electron chi connectivity index (χ1n) is 6.71. The van der Waals surface area contributed by atoms with Crippen LogP contribution in [-0.4, -0.2) is 40.5 Å². The number of fused-ring (bicyclic) bond motifs is 1. The van der Waals surface area contributed by atoms with Gasteiger partial charge in [0.1, 0.15) is 5.82 Å². The van der Waals surface area contributed by atoms with Crippen LogP contribution in [0.2, 0.25) is 0 Å². The van der Waals surface area contributed by atoms with Crippen molar-refractivity contribution in [3.05, 3.63) is 29.6 Å². The van der Waals surface area contributed by atoms with E-state index in [-0.39, 0.29) is 0 Å². The maximum Gasteiger partial charge on any atom is 0.111 e. The van der Waals surface area contributed by atoms with Crippen LogP contribution in [0.15, 0.2) is 18.2 Å². The Morgan fingerprint density at radius 2 is 2.11 bits per heavy atom. The van der Waals surface area contributed by atoms with Crippen LogP contribution in [0, 0.1) is 6.92 Å². The average molecular weight is 280 g/mol. The maximum atomic E-state index is 5.90. The second kappa shape index (κ2) is 5.93. The number of nitrogens with zero attached hydrogens (tertiary/aromatic N) is 3. The van der Waals surface area contributed by atoms with E-state index in [2.05, 4.69) is 55.6 Å². The van der Waals surface area contributed by atoms with Crippen molar-refractivity contribution in [3.8, 4) is 0 Å². The highest BCUT2D eigenvalue weighted by atomic mass is 35.5. The van der Waals surface area contributed by atoms with Crippen molar-refractivity contribution < 1.29 is 0 Å². The summed E-state index contributed by atoms with van der Waals surface area (Å²) in [4.78, 5) is 6.96. The zero-order valence-electron chi connectivity index (χ0n) is 12.2. The van der Waals surface area contributed by atoms with E-state index >= 15 is 0 Å². The van der Waals surface area contributed by atoms with Crippen molar-refractivity contribution in [1.29, 1.82) is 0 Å². The van der Waals surface area contributed by atoms with E-state index < -0.39 is 0 Å². The lowest BCUT2D eigenvalue weighted by atomic mass is 10.2. The summed E-state index contributed by atoms with van der Waals surface area (Å²) in [5.41, 5.74) is 3.53. The zero-order chi connectivity index (χ0) is 14.0. The highest BCUT2D eigenvalue weighted by molar-refractivity contribution is 6.17. The van der Waals surface area contributed by atoms with Crippen molar-refractivity contribution >= 4 is 22.6 Å². The normalized spacial score (nSPS) is 13.4. The van der Waals surface area contributed by atoms with Crippen molar-refractivity contribution in [3.63, 3.8) is 0 Å². The molecule has 0 saturated carbocycles. The summed E-state index contributed by atoms with van der Waals surface area (Å²) in [6.45, 7) is 5.27. The number of likely N-dealkylation sites (N-methyl/N-ethyl adjacent to an activating group) is 1. The number of halogens is 1. The molecule has 19 heavy (non-hydrogen) atoms. The van der Waals surface area contributed by atoms with Gasteiger partial charge in [-0.15, -0.1) is 11.6 Å². The van der Waals surface area contributed by atoms with Crippen LogP contribution >= 0.6 is 11.6 Å². The molecule has 0 radical (unpaired) electrons. The van der Waals surface area contributed by atoms with Crippen molar-refractivity contribution in [1.82, 2.24) is 14.5 Å². The molecule has 2 rings (SSSR count). The van der Waals surface area contributed by atoms with E-state index in [4.69, 9.17) is 16.6 Å². The lowest BCUT2D eigenvalue weighted by molar-refractivity contribution is 0.284. The fourth-order valence-electron chi connectivity index (χ4n) is 2.20. The molecule has 0 bridgehead atoms. The molecule has 0 N–H and O–H groups in total. The third kappa shape index (κ3) is 3.10. The van der Waals surface area contributed by atoms with Crippen LogP contribution < -0.4 is 0 Å². The molecule has 1 unspecified atom stereocenters. The predicted molar refractivity (Wildman–Crippen MR) is 82.0 cm³/mol. The van der Waals surface area contributed by atoms with E-state index in [1.807, 2.05) is 0 Å². The second-order valence-electron chi connectivity index (χ2n) is 5.38. The van der Waals surface area contributed by atoms with Gasteiger partial charge in [0.2, 0.25) is 0 Å². The summed E-state index contributed by atoms with van der Waals surface area (Å²) >= 11 is 5.90. The fraction of sp³-hybridized carbons (Fsp3) is 0.533. The molecule has 1 aromatic carbocycles. The van der Waals surface area contributed by atoms with Crippen LogP contribution in [0.25, 0.3) is 11.0 Å². The molecule has 1 heterocycles. The lowest BCUT2D eigenvalue weighted by Crippen LogP contribution is -2.29. The Labute approximate surface area is 120 Å². The third-order valence-corrected chi connectivity index (χ3v) is 3.82. The molecule has 3 nitrogen and oxygen atoms in total. The minimum atomic E-state index is 0.466. The molecule has 0 aliphatic rings. The monoisotopic (exact) mass is 279 g/mol. The lowest BCUT2D eigenvalue weighted by Gasteiger charge is -2.21. The van der Waals surface area contributed by atoms with Crippen LogP contribution in [0.4, 0.5) is 0 Å². The van der Waals surface area contributed by atoms with E-state index in [0.29, 0.717) is 11.9 Å². The van der Waals surface area contributed by atoms with E-state index in [1.165, 1.54) is 11.1 Å². The molecule has 104 valence electrons.